The Morgan fingerprint density at radius 1 is 1.23 bits per heavy atom. The lowest BCUT2D eigenvalue weighted by Crippen LogP contribution is -2.20. The quantitative estimate of drug-likeness (QED) is 0.860. The van der Waals surface area contributed by atoms with Crippen LogP contribution in [0.3, 0.4) is 0 Å². The third-order valence-electron chi connectivity index (χ3n) is 5.54. The highest BCUT2D eigenvalue weighted by atomic mass is 16.5. The van der Waals surface area contributed by atoms with Crippen LogP contribution in [-0.4, -0.2) is 32.8 Å². The molecule has 2 atom stereocenters. The highest BCUT2D eigenvalue weighted by molar-refractivity contribution is 5.55. The van der Waals surface area contributed by atoms with Crippen LogP contribution in [0.5, 0.6) is 0 Å². The van der Waals surface area contributed by atoms with Crippen LogP contribution >= 0.6 is 0 Å². The summed E-state index contributed by atoms with van der Waals surface area (Å²) in [4.78, 5) is 9.28. The fraction of sp³-hybridized carbons (Fsp3) is 0.579. The second kappa shape index (κ2) is 6.36. The molecule has 5 rings (SSSR count). The number of aryl methyl sites for hydroxylation is 2. The largest absolute Gasteiger partial charge is 0.366 e. The van der Waals surface area contributed by atoms with Crippen molar-refractivity contribution in [1.29, 1.82) is 5.26 Å². The van der Waals surface area contributed by atoms with Crippen LogP contribution in [0.4, 0.5) is 5.82 Å². The minimum atomic E-state index is -0.00906. The number of nitrogens with one attached hydrogen (secondary N) is 2. The van der Waals surface area contributed by atoms with E-state index >= 15 is 0 Å². The van der Waals surface area contributed by atoms with E-state index in [2.05, 4.69) is 31.6 Å². The molecule has 1 aliphatic heterocycles. The van der Waals surface area contributed by atoms with E-state index in [-0.39, 0.29) is 12.2 Å². The van der Waals surface area contributed by atoms with Crippen molar-refractivity contribution < 1.29 is 4.74 Å². The molecule has 2 fully saturated rings. The number of hydrogen-bond donors (Lipinski definition) is 2. The number of rotatable bonds is 5. The van der Waals surface area contributed by atoms with Crippen molar-refractivity contribution in [3.63, 3.8) is 0 Å². The van der Waals surface area contributed by atoms with Gasteiger partial charge in [-0.1, -0.05) is 0 Å². The van der Waals surface area contributed by atoms with Crippen molar-refractivity contribution in [3.8, 4) is 6.07 Å². The predicted octanol–water partition coefficient (Wildman–Crippen LogP) is 2.77. The third kappa shape index (κ3) is 2.95. The van der Waals surface area contributed by atoms with Crippen LogP contribution in [0, 0.1) is 11.3 Å². The van der Waals surface area contributed by atoms with Gasteiger partial charge in [0.15, 0.2) is 11.6 Å². The second-order valence-electron chi connectivity index (χ2n) is 7.51. The van der Waals surface area contributed by atoms with Crippen molar-refractivity contribution in [3.05, 3.63) is 34.5 Å². The molecule has 0 bridgehead atoms. The fourth-order valence-corrected chi connectivity index (χ4v) is 3.92. The minimum Gasteiger partial charge on any atom is -0.366 e. The number of ether oxygens (including phenoxy) is 1. The Labute approximate surface area is 152 Å². The van der Waals surface area contributed by atoms with Crippen LogP contribution < -0.4 is 5.32 Å². The van der Waals surface area contributed by atoms with Crippen molar-refractivity contribution in [2.24, 2.45) is 0 Å². The fourth-order valence-electron chi connectivity index (χ4n) is 3.92. The molecule has 7 heteroatoms. The molecular weight excluding hydrogens is 328 g/mol. The third-order valence-corrected chi connectivity index (χ3v) is 5.54. The molecule has 1 saturated carbocycles. The van der Waals surface area contributed by atoms with Gasteiger partial charge in [0.1, 0.15) is 18.0 Å². The van der Waals surface area contributed by atoms with Gasteiger partial charge in [-0.3, -0.25) is 5.10 Å². The second-order valence-corrected chi connectivity index (χ2v) is 7.51. The molecule has 2 N–H and O–H groups in total. The van der Waals surface area contributed by atoms with E-state index < -0.39 is 0 Å². The van der Waals surface area contributed by atoms with Gasteiger partial charge in [-0.2, -0.15) is 10.4 Å². The molecule has 0 aromatic carbocycles. The zero-order valence-corrected chi connectivity index (χ0v) is 14.7. The molecule has 0 radical (unpaired) electrons. The zero-order valence-electron chi connectivity index (χ0n) is 14.7. The van der Waals surface area contributed by atoms with Crippen LogP contribution in [0.25, 0.3) is 0 Å². The number of pyridine rings is 1. The standard InChI is InChI=1S/C19H22N6O/c20-9-13-8-12-2-1-3-15(12)22-17(13)21-10-14-6-7-16(26-14)19-23-18(24-25-19)11-4-5-11/h8,11,14,16H,1-7,10H2,(H,21,22)(H,23,24,25)/t14-,16+/m1/s1. The Kier molecular flexibility index (Phi) is 3.86. The summed E-state index contributed by atoms with van der Waals surface area (Å²) in [5.41, 5.74) is 2.98. The van der Waals surface area contributed by atoms with Gasteiger partial charge in [0.05, 0.1) is 11.7 Å². The molecule has 0 spiro atoms. The molecule has 0 unspecified atom stereocenters. The van der Waals surface area contributed by atoms with Crippen LogP contribution in [0.2, 0.25) is 0 Å². The number of aromatic nitrogens is 4. The summed E-state index contributed by atoms with van der Waals surface area (Å²) in [6, 6.07) is 4.26. The normalized spacial score (nSPS) is 24.4. The summed E-state index contributed by atoms with van der Waals surface area (Å²) in [5, 5.41) is 20.1. The summed E-state index contributed by atoms with van der Waals surface area (Å²) >= 11 is 0. The van der Waals surface area contributed by atoms with Gasteiger partial charge >= 0.3 is 0 Å². The summed E-state index contributed by atoms with van der Waals surface area (Å²) in [5.74, 6) is 3.03. The highest BCUT2D eigenvalue weighted by Gasteiger charge is 2.32. The number of aromatic amines is 1. The Balaban J connectivity index is 1.22. The van der Waals surface area contributed by atoms with Gasteiger partial charge in [-0.25, -0.2) is 9.97 Å². The van der Waals surface area contributed by atoms with Crippen molar-refractivity contribution >= 4 is 5.82 Å². The maximum atomic E-state index is 9.40. The lowest BCUT2D eigenvalue weighted by molar-refractivity contribution is 0.0471. The lowest BCUT2D eigenvalue weighted by Gasteiger charge is -2.15. The Morgan fingerprint density at radius 2 is 2.15 bits per heavy atom. The molecule has 2 aromatic heterocycles. The van der Waals surface area contributed by atoms with E-state index in [1.807, 2.05) is 6.07 Å². The number of hydrogen-bond acceptors (Lipinski definition) is 6. The molecule has 1 saturated heterocycles. The smallest absolute Gasteiger partial charge is 0.153 e. The van der Waals surface area contributed by atoms with Gasteiger partial charge in [0.25, 0.3) is 0 Å². The first-order valence-electron chi connectivity index (χ1n) is 9.54. The summed E-state index contributed by atoms with van der Waals surface area (Å²) in [6.45, 7) is 0.653. The van der Waals surface area contributed by atoms with Gasteiger partial charge in [0.2, 0.25) is 0 Å². The molecule has 134 valence electrons. The number of H-pyrrole nitrogens is 1. The topological polar surface area (TPSA) is 99.5 Å². The maximum absolute atomic E-state index is 9.40. The average molecular weight is 350 g/mol. The molecule has 7 nitrogen and oxygen atoms in total. The van der Waals surface area contributed by atoms with Gasteiger partial charge in [-0.05, 0) is 56.6 Å². The summed E-state index contributed by atoms with van der Waals surface area (Å²) in [6.07, 6.45) is 7.55. The lowest BCUT2D eigenvalue weighted by atomic mass is 10.1. The van der Waals surface area contributed by atoms with E-state index in [0.717, 1.165) is 49.4 Å². The van der Waals surface area contributed by atoms with Gasteiger partial charge in [-0.15, -0.1) is 0 Å². The van der Waals surface area contributed by atoms with Crippen molar-refractivity contribution in [2.75, 3.05) is 11.9 Å². The predicted molar refractivity (Wildman–Crippen MR) is 94.7 cm³/mol. The summed E-state index contributed by atoms with van der Waals surface area (Å²) < 4.78 is 6.14. The Morgan fingerprint density at radius 3 is 3.00 bits per heavy atom. The van der Waals surface area contributed by atoms with Crippen LogP contribution in [0.1, 0.15) is 72.6 Å². The first-order chi connectivity index (χ1) is 12.8. The molecule has 2 aromatic rings. The molecule has 3 aliphatic rings. The molecule has 3 heterocycles. The molecule has 2 aliphatic carbocycles. The number of anilines is 1. The molecule has 0 amide bonds. The summed E-state index contributed by atoms with van der Waals surface area (Å²) in [7, 11) is 0. The van der Waals surface area contributed by atoms with E-state index in [1.165, 1.54) is 18.4 Å². The SMILES string of the molecule is N#Cc1cc2c(nc1NC[C@H]1CC[C@@H](c3nc(C4CC4)n[nH]3)O1)CCC2. The first kappa shape index (κ1) is 15.8. The Hall–Kier alpha value is -2.46. The minimum absolute atomic E-state index is 0.00906. The van der Waals surface area contributed by atoms with E-state index in [4.69, 9.17) is 4.74 Å². The van der Waals surface area contributed by atoms with Crippen LogP contribution in [-0.2, 0) is 17.6 Å². The van der Waals surface area contributed by atoms with Crippen molar-refractivity contribution in [2.45, 2.75) is 63.1 Å². The number of nitriles is 1. The first-order valence-corrected chi connectivity index (χ1v) is 9.54. The maximum Gasteiger partial charge on any atom is 0.153 e. The van der Waals surface area contributed by atoms with Gasteiger partial charge in [0, 0.05) is 18.2 Å². The monoisotopic (exact) mass is 350 g/mol. The highest BCUT2D eigenvalue weighted by Crippen LogP contribution is 2.39. The van der Waals surface area contributed by atoms with Crippen molar-refractivity contribution in [1.82, 2.24) is 20.2 Å². The zero-order chi connectivity index (χ0) is 17.5. The molecule has 26 heavy (non-hydrogen) atoms. The van der Waals surface area contributed by atoms with Crippen LogP contribution in [0.15, 0.2) is 6.07 Å². The van der Waals surface area contributed by atoms with E-state index in [1.54, 1.807) is 0 Å². The number of fused-ring (bicyclic) bond motifs is 1. The van der Waals surface area contributed by atoms with E-state index in [9.17, 15) is 5.26 Å². The number of nitrogens with zero attached hydrogens (tertiary/aromatic N) is 4. The van der Waals surface area contributed by atoms with E-state index in [0.29, 0.717) is 23.8 Å². The van der Waals surface area contributed by atoms with Gasteiger partial charge < -0.3 is 10.1 Å². The molecular formula is C19H22N6O. The average Bonchev–Trinajstić information content (AvgIpc) is 3.07. The Bertz CT molecular complexity index is 865.